The monoisotopic (exact) mass is 253 g/mol. The Hall–Kier alpha value is -1.06. The first-order valence-corrected chi connectivity index (χ1v) is 6.84. The van der Waals surface area contributed by atoms with Gasteiger partial charge in [0.25, 0.3) is 0 Å². The van der Waals surface area contributed by atoms with E-state index in [-0.39, 0.29) is 18.4 Å². The molecule has 0 aromatic heterocycles. The fourth-order valence-electron chi connectivity index (χ4n) is 2.66. The number of hydrogen-bond acceptors (Lipinski definition) is 2. The summed E-state index contributed by atoms with van der Waals surface area (Å²) in [6.07, 6.45) is 4.55. The number of carboxylic acids is 1. The van der Waals surface area contributed by atoms with Gasteiger partial charge >= 0.3 is 5.97 Å². The summed E-state index contributed by atoms with van der Waals surface area (Å²) in [5, 5.41) is 8.99. The highest BCUT2D eigenvalue weighted by Crippen LogP contribution is 2.50. The quantitative estimate of drug-likeness (QED) is 0.816. The Morgan fingerprint density at radius 2 is 1.61 bits per heavy atom. The van der Waals surface area contributed by atoms with Crippen molar-refractivity contribution in [3.63, 3.8) is 0 Å². The Kier molecular flexibility index (Phi) is 3.39. The summed E-state index contributed by atoms with van der Waals surface area (Å²) in [5.74, 6) is 0.259. The summed E-state index contributed by atoms with van der Waals surface area (Å²) in [5.41, 5.74) is -0.419. The van der Waals surface area contributed by atoms with Crippen molar-refractivity contribution < 1.29 is 14.7 Å². The van der Waals surface area contributed by atoms with E-state index in [9.17, 15) is 9.59 Å². The zero-order valence-corrected chi connectivity index (χ0v) is 11.5. The van der Waals surface area contributed by atoms with Gasteiger partial charge in [-0.1, -0.05) is 0 Å². The lowest BCUT2D eigenvalue weighted by Crippen LogP contribution is -2.51. The fraction of sp³-hybridized carbons (Fsp3) is 0.857. The van der Waals surface area contributed by atoms with Gasteiger partial charge < -0.3 is 10.0 Å². The molecule has 0 heterocycles. The van der Waals surface area contributed by atoms with E-state index >= 15 is 0 Å². The van der Waals surface area contributed by atoms with Crippen molar-refractivity contribution >= 4 is 11.9 Å². The van der Waals surface area contributed by atoms with E-state index in [1.807, 2.05) is 20.8 Å². The van der Waals surface area contributed by atoms with Crippen molar-refractivity contribution in [2.45, 2.75) is 52.0 Å². The molecule has 1 amide bonds. The fourth-order valence-corrected chi connectivity index (χ4v) is 2.66. The molecule has 0 bridgehead atoms. The number of aliphatic carboxylic acids is 1. The van der Waals surface area contributed by atoms with Gasteiger partial charge in [-0.2, -0.15) is 0 Å². The lowest BCUT2D eigenvalue weighted by atomic mass is 9.93. The summed E-state index contributed by atoms with van der Waals surface area (Å²) in [4.78, 5) is 25.2. The van der Waals surface area contributed by atoms with Crippen LogP contribution in [0.1, 0.15) is 46.5 Å². The summed E-state index contributed by atoms with van der Waals surface area (Å²) in [6.45, 7) is 5.54. The number of hydrogen-bond donors (Lipinski definition) is 1. The Morgan fingerprint density at radius 1 is 1.17 bits per heavy atom. The number of carbonyl (C=O) groups is 2. The number of amides is 1. The number of nitrogens with zero attached hydrogens (tertiary/aromatic N) is 1. The van der Waals surface area contributed by atoms with Gasteiger partial charge in [-0.15, -0.1) is 0 Å². The number of carboxylic acid groups (broad SMARTS) is 1. The van der Waals surface area contributed by atoms with Crippen LogP contribution in [-0.4, -0.2) is 34.0 Å². The molecule has 18 heavy (non-hydrogen) atoms. The molecule has 2 rings (SSSR count). The third-order valence-electron chi connectivity index (χ3n) is 3.91. The predicted octanol–water partition coefficient (Wildman–Crippen LogP) is 2.13. The first kappa shape index (κ1) is 13.4. The van der Waals surface area contributed by atoms with Gasteiger partial charge in [0.2, 0.25) is 5.91 Å². The van der Waals surface area contributed by atoms with E-state index in [1.165, 1.54) is 0 Å². The van der Waals surface area contributed by atoms with E-state index in [1.54, 1.807) is 4.90 Å². The number of carbonyl (C=O) groups excluding carboxylic acids is 1. The third kappa shape index (κ3) is 3.03. The molecule has 0 unspecified atom stereocenters. The van der Waals surface area contributed by atoms with Crippen LogP contribution in [-0.2, 0) is 9.59 Å². The van der Waals surface area contributed by atoms with Crippen LogP contribution in [0.4, 0.5) is 0 Å². The molecule has 0 spiro atoms. The van der Waals surface area contributed by atoms with Gasteiger partial charge in [0.1, 0.15) is 6.54 Å². The maximum absolute atomic E-state index is 12.7. The van der Waals surface area contributed by atoms with Crippen LogP contribution >= 0.6 is 0 Å². The van der Waals surface area contributed by atoms with Crippen molar-refractivity contribution in [3.8, 4) is 0 Å². The molecule has 102 valence electrons. The van der Waals surface area contributed by atoms with E-state index in [0.29, 0.717) is 11.8 Å². The van der Waals surface area contributed by atoms with Gasteiger partial charge in [0, 0.05) is 11.5 Å². The number of rotatable bonds is 5. The summed E-state index contributed by atoms with van der Waals surface area (Å²) in [7, 11) is 0. The third-order valence-corrected chi connectivity index (χ3v) is 3.91. The van der Waals surface area contributed by atoms with E-state index in [4.69, 9.17) is 5.11 Å². The molecular weight excluding hydrogens is 230 g/mol. The van der Waals surface area contributed by atoms with Crippen molar-refractivity contribution in [1.82, 2.24) is 4.90 Å². The van der Waals surface area contributed by atoms with Crippen molar-refractivity contribution in [2.24, 2.45) is 17.8 Å². The average molecular weight is 253 g/mol. The van der Waals surface area contributed by atoms with Gasteiger partial charge in [-0.25, -0.2) is 0 Å². The van der Waals surface area contributed by atoms with Crippen molar-refractivity contribution in [3.05, 3.63) is 0 Å². The van der Waals surface area contributed by atoms with Crippen molar-refractivity contribution in [1.29, 1.82) is 0 Å². The van der Waals surface area contributed by atoms with E-state index in [2.05, 4.69) is 0 Å². The molecule has 0 aliphatic heterocycles. The predicted molar refractivity (Wildman–Crippen MR) is 68.0 cm³/mol. The van der Waals surface area contributed by atoms with E-state index < -0.39 is 11.5 Å². The highest BCUT2D eigenvalue weighted by molar-refractivity contribution is 5.84. The summed E-state index contributed by atoms with van der Waals surface area (Å²) < 4.78 is 0. The Morgan fingerprint density at radius 3 is 1.89 bits per heavy atom. The maximum Gasteiger partial charge on any atom is 0.323 e. The molecule has 4 nitrogen and oxygen atoms in total. The van der Waals surface area contributed by atoms with Crippen LogP contribution in [0.15, 0.2) is 0 Å². The molecule has 1 N–H and O–H groups in total. The van der Waals surface area contributed by atoms with E-state index in [0.717, 1.165) is 25.7 Å². The topological polar surface area (TPSA) is 57.6 Å². The van der Waals surface area contributed by atoms with Crippen LogP contribution in [0.25, 0.3) is 0 Å². The van der Waals surface area contributed by atoms with Crippen LogP contribution < -0.4 is 0 Å². The van der Waals surface area contributed by atoms with Gasteiger partial charge in [-0.3, -0.25) is 9.59 Å². The Labute approximate surface area is 108 Å². The highest BCUT2D eigenvalue weighted by Gasteiger charge is 2.48. The van der Waals surface area contributed by atoms with Gasteiger partial charge in [0.15, 0.2) is 0 Å². The molecule has 0 atom stereocenters. The Balaban J connectivity index is 2.12. The van der Waals surface area contributed by atoms with Gasteiger partial charge in [0.05, 0.1) is 0 Å². The molecule has 0 aromatic carbocycles. The minimum absolute atomic E-state index is 0.0647. The second-order valence-electron chi connectivity index (χ2n) is 6.69. The molecule has 0 aromatic rings. The molecule has 2 fully saturated rings. The normalized spacial score (nSPS) is 20.0. The zero-order valence-electron chi connectivity index (χ0n) is 11.5. The standard InChI is InChI=1S/C14H23NO3/c1-14(2,3)15(8-11(16)17)13(18)12(9-4-5-9)10-6-7-10/h9-10,12H,4-8H2,1-3H3,(H,16,17). The molecule has 0 radical (unpaired) electrons. The smallest absolute Gasteiger partial charge is 0.323 e. The second-order valence-corrected chi connectivity index (χ2v) is 6.69. The first-order valence-electron chi connectivity index (χ1n) is 6.84. The molecule has 2 aliphatic rings. The molecular formula is C14H23NO3. The molecule has 2 saturated carbocycles. The summed E-state index contributed by atoms with van der Waals surface area (Å²) in [6, 6.07) is 0. The minimum Gasteiger partial charge on any atom is -0.480 e. The summed E-state index contributed by atoms with van der Waals surface area (Å²) >= 11 is 0. The lowest BCUT2D eigenvalue weighted by molar-refractivity contribution is -0.151. The van der Waals surface area contributed by atoms with Crippen LogP contribution in [0.5, 0.6) is 0 Å². The molecule has 0 saturated heterocycles. The lowest BCUT2D eigenvalue weighted by Gasteiger charge is -2.37. The largest absolute Gasteiger partial charge is 0.480 e. The second kappa shape index (κ2) is 4.56. The SMILES string of the molecule is CC(C)(C)N(CC(=O)O)C(=O)C(C1CC1)C1CC1. The minimum atomic E-state index is -0.927. The average Bonchev–Trinajstić information content (AvgIpc) is 3.05. The van der Waals surface area contributed by atoms with Crippen molar-refractivity contribution in [2.75, 3.05) is 6.54 Å². The molecule has 4 heteroatoms. The van der Waals surface area contributed by atoms with Crippen LogP contribution in [0, 0.1) is 17.8 Å². The first-order chi connectivity index (χ1) is 8.30. The van der Waals surface area contributed by atoms with Gasteiger partial charge in [-0.05, 0) is 58.3 Å². The molecule has 2 aliphatic carbocycles. The Bertz CT molecular complexity index is 339. The maximum atomic E-state index is 12.7. The van der Waals surface area contributed by atoms with Crippen LogP contribution in [0.3, 0.4) is 0 Å². The zero-order chi connectivity index (χ0) is 13.5. The highest BCUT2D eigenvalue weighted by atomic mass is 16.4. The van der Waals surface area contributed by atoms with Crippen LogP contribution in [0.2, 0.25) is 0 Å².